The van der Waals surface area contributed by atoms with Gasteiger partial charge in [0.25, 0.3) is 0 Å². The van der Waals surface area contributed by atoms with Gasteiger partial charge in [-0.3, -0.25) is 4.79 Å². The SMILES string of the molecule is [N-]=[N+]=NCC1CC(=O)N(C2CC2c2ccccc2)C1. The second kappa shape index (κ2) is 4.94. The molecule has 5 nitrogen and oxygen atoms in total. The number of carbonyl (C=O) groups excluding carboxylic acids is 1. The summed E-state index contributed by atoms with van der Waals surface area (Å²) in [5.74, 6) is 0.894. The van der Waals surface area contributed by atoms with Crippen molar-refractivity contribution < 1.29 is 4.79 Å². The molecule has 3 unspecified atom stereocenters. The number of likely N-dealkylation sites (tertiary alicyclic amines) is 1. The van der Waals surface area contributed by atoms with Crippen LogP contribution >= 0.6 is 0 Å². The van der Waals surface area contributed by atoms with E-state index in [1.54, 1.807) is 0 Å². The number of carbonyl (C=O) groups is 1. The standard InChI is InChI=1S/C14H16N4O/c15-17-16-8-10-6-14(19)18(9-10)13-7-12(13)11-4-2-1-3-5-11/h1-5,10,12-13H,6-9H2. The third kappa shape index (κ3) is 2.42. The molecule has 1 aromatic rings. The minimum Gasteiger partial charge on any atom is -0.339 e. The van der Waals surface area contributed by atoms with Crippen LogP contribution in [0.15, 0.2) is 35.4 Å². The summed E-state index contributed by atoms with van der Waals surface area (Å²) in [5.41, 5.74) is 9.65. The van der Waals surface area contributed by atoms with Gasteiger partial charge in [0.15, 0.2) is 0 Å². The van der Waals surface area contributed by atoms with Gasteiger partial charge in [0, 0.05) is 36.4 Å². The van der Waals surface area contributed by atoms with E-state index in [4.69, 9.17) is 5.53 Å². The molecule has 3 rings (SSSR count). The zero-order chi connectivity index (χ0) is 13.2. The molecular weight excluding hydrogens is 240 g/mol. The molecule has 1 amide bonds. The van der Waals surface area contributed by atoms with E-state index in [0.717, 1.165) is 13.0 Å². The van der Waals surface area contributed by atoms with E-state index in [1.165, 1.54) is 5.56 Å². The van der Waals surface area contributed by atoms with Crippen molar-refractivity contribution in [1.82, 2.24) is 4.90 Å². The fraction of sp³-hybridized carbons (Fsp3) is 0.500. The number of hydrogen-bond acceptors (Lipinski definition) is 2. The van der Waals surface area contributed by atoms with E-state index in [9.17, 15) is 4.79 Å². The first-order chi connectivity index (χ1) is 9.29. The van der Waals surface area contributed by atoms with E-state index in [0.29, 0.717) is 24.9 Å². The molecule has 1 heterocycles. The molecule has 2 aliphatic rings. The molecule has 0 N–H and O–H groups in total. The van der Waals surface area contributed by atoms with Crippen LogP contribution < -0.4 is 0 Å². The van der Waals surface area contributed by atoms with E-state index in [1.807, 2.05) is 23.1 Å². The molecule has 0 spiro atoms. The lowest BCUT2D eigenvalue weighted by Crippen LogP contribution is -2.28. The lowest BCUT2D eigenvalue weighted by Gasteiger charge is -2.16. The van der Waals surface area contributed by atoms with Crippen molar-refractivity contribution in [2.24, 2.45) is 11.0 Å². The quantitative estimate of drug-likeness (QED) is 0.464. The van der Waals surface area contributed by atoms with Crippen LogP contribution in [0.5, 0.6) is 0 Å². The van der Waals surface area contributed by atoms with Gasteiger partial charge >= 0.3 is 0 Å². The second-order valence-corrected chi connectivity index (χ2v) is 5.35. The normalized spacial score (nSPS) is 29.2. The lowest BCUT2D eigenvalue weighted by molar-refractivity contribution is -0.128. The van der Waals surface area contributed by atoms with Crippen LogP contribution in [0.2, 0.25) is 0 Å². The number of nitrogens with zero attached hydrogens (tertiary/aromatic N) is 4. The van der Waals surface area contributed by atoms with Gasteiger partial charge in [-0.2, -0.15) is 0 Å². The maximum Gasteiger partial charge on any atom is 0.223 e. The van der Waals surface area contributed by atoms with Gasteiger partial charge in [0.05, 0.1) is 0 Å². The largest absolute Gasteiger partial charge is 0.339 e. The zero-order valence-corrected chi connectivity index (χ0v) is 10.6. The summed E-state index contributed by atoms with van der Waals surface area (Å²) >= 11 is 0. The van der Waals surface area contributed by atoms with Gasteiger partial charge in [-0.1, -0.05) is 35.4 Å². The number of azide groups is 1. The minimum atomic E-state index is 0.195. The van der Waals surface area contributed by atoms with Gasteiger partial charge in [-0.25, -0.2) is 0 Å². The van der Waals surface area contributed by atoms with Crippen molar-refractivity contribution in [2.45, 2.75) is 24.8 Å². The number of benzene rings is 1. The summed E-state index contributed by atoms with van der Waals surface area (Å²) < 4.78 is 0. The number of rotatable bonds is 4. The Bertz CT molecular complexity index is 524. The van der Waals surface area contributed by atoms with Crippen molar-refractivity contribution >= 4 is 5.91 Å². The molecule has 0 bridgehead atoms. The zero-order valence-electron chi connectivity index (χ0n) is 10.6. The first-order valence-electron chi connectivity index (χ1n) is 6.65. The summed E-state index contributed by atoms with van der Waals surface area (Å²) in [5, 5.41) is 3.58. The van der Waals surface area contributed by atoms with Gasteiger partial charge in [0.2, 0.25) is 5.91 Å². The molecule has 3 atom stereocenters. The van der Waals surface area contributed by atoms with Crippen LogP contribution in [0.1, 0.15) is 24.3 Å². The molecule has 1 aliphatic carbocycles. The fourth-order valence-electron chi connectivity index (χ4n) is 2.99. The third-order valence-corrected chi connectivity index (χ3v) is 4.03. The summed E-state index contributed by atoms with van der Waals surface area (Å²) in [6.07, 6.45) is 1.58. The van der Waals surface area contributed by atoms with Gasteiger partial charge in [-0.15, -0.1) is 0 Å². The highest BCUT2D eigenvalue weighted by Crippen LogP contribution is 2.46. The van der Waals surface area contributed by atoms with Crippen LogP contribution in [-0.2, 0) is 4.79 Å². The van der Waals surface area contributed by atoms with Crippen LogP contribution in [0.25, 0.3) is 10.4 Å². The maximum absolute atomic E-state index is 12.0. The predicted molar refractivity (Wildman–Crippen MR) is 71.4 cm³/mol. The molecule has 19 heavy (non-hydrogen) atoms. The van der Waals surface area contributed by atoms with Gasteiger partial charge < -0.3 is 4.90 Å². The monoisotopic (exact) mass is 256 g/mol. The molecule has 98 valence electrons. The van der Waals surface area contributed by atoms with Crippen LogP contribution in [0.4, 0.5) is 0 Å². The molecule has 1 aliphatic heterocycles. The highest BCUT2D eigenvalue weighted by Gasteiger charge is 2.47. The smallest absolute Gasteiger partial charge is 0.223 e. The molecule has 1 aromatic carbocycles. The average Bonchev–Trinajstić information content (AvgIpc) is 3.15. The summed E-state index contributed by atoms with van der Waals surface area (Å²) in [6, 6.07) is 10.7. The molecule has 1 saturated heterocycles. The average molecular weight is 256 g/mol. The summed E-state index contributed by atoms with van der Waals surface area (Å²) in [6.45, 7) is 1.17. The van der Waals surface area contributed by atoms with Gasteiger partial charge in [-0.05, 0) is 23.4 Å². The van der Waals surface area contributed by atoms with Crippen molar-refractivity contribution in [3.05, 3.63) is 46.3 Å². The van der Waals surface area contributed by atoms with Crippen LogP contribution in [0, 0.1) is 5.92 Å². The third-order valence-electron chi connectivity index (χ3n) is 4.03. The Morgan fingerprint density at radius 2 is 2.16 bits per heavy atom. The highest BCUT2D eigenvalue weighted by atomic mass is 16.2. The van der Waals surface area contributed by atoms with E-state index in [2.05, 4.69) is 22.2 Å². The van der Waals surface area contributed by atoms with E-state index >= 15 is 0 Å². The number of hydrogen-bond donors (Lipinski definition) is 0. The molecular formula is C14H16N4O. The minimum absolute atomic E-state index is 0.195. The van der Waals surface area contributed by atoms with E-state index < -0.39 is 0 Å². The second-order valence-electron chi connectivity index (χ2n) is 5.35. The van der Waals surface area contributed by atoms with Crippen molar-refractivity contribution in [1.29, 1.82) is 0 Å². The Kier molecular flexibility index (Phi) is 3.13. The van der Waals surface area contributed by atoms with Crippen LogP contribution in [-0.4, -0.2) is 29.9 Å². The van der Waals surface area contributed by atoms with Crippen LogP contribution in [0.3, 0.4) is 0 Å². The Morgan fingerprint density at radius 1 is 1.37 bits per heavy atom. The first-order valence-corrected chi connectivity index (χ1v) is 6.65. The number of amides is 1. The lowest BCUT2D eigenvalue weighted by atomic mass is 10.1. The Hall–Kier alpha value is -2.00. The van der Waals surface area contributed by atoms with Crippen molar-refractivity contribution in [3.8, 4) is 0 Å². The molecule has 1 saturated carbocycles. The molecule has 0 aromatic heterocycles. The van der Waals surface area contributed by atoms with E-state index in [-0.39, 0.29) is 11.8 Å². The van der Waals surface area contributed by atoms with Crippen molar-refractivity contribution in [2.75, 3.05) is 13.1 Å². The highest BCUT2D eigenvalue weighted by molar-refractivity contribution is 5.79. The maximum atomic E-state index is 12.0. The molecule has 2 fully saturated rings. The molecule has 0 radical (unpaired) electrons. The Labute approximate surface area is 111 Å². The molecule has 5 heteroatoms. The van der Waals surface area contributed by atoms with Crippen molar-refractivity contribution in [3.63, 3.8) is 0 Å². The predicted octanol–water partition coefficient (Wildman–Crippen LogP) is 2.70. The Morgan fingerprint density at radius 3 is 2.89 bits per heavy atom. The fourth-order valence-corrected chi connectivity index (χ4v) is 2.99. The first kappa shape index (κ1) is 12.1. The summed E-state index contributed by atoms with van der Waals surface area (Å²) in [4.78, 5) is 16.7. The summed E-state index contributed by atoms with van der Waals surface area (Å²) in [7, 11) is 0. The Balaban J connectivity index is 1.63. The van der Waals surface area contributed by atoms with Gasteiger partial charge in [0.1, 0.15) is 0 Å². The topological polar surface area (TPSA) is 69.1 Å².